The minimum absolute atomic E-state index is 0.228. The molecule has 18 heavy (non-hydrogen) atoms. The Hall–Kier alpha value is -2.28. The Morgan fingerprint density at radius 2 is 2.17 bits per heavy atom. The fraction of sp³-hybridized carbons (Fsp3) is 0.273. The second kappa shape index (κ2) is 4.53. The first-order valence-electron chi connectivity index (χ1n) is 5.30. The van der Waals surface area contributed by atoms with Crippen molar-refractivity contribution in [1.82, 2.24) is 5.43 Å². The third kappa shape index (κ3) is 2.07. The lowest BCUT2D eigenvalue weighted by molar-refractivity contribution is -0.123. The summed E-state index contributed by atoms with van der Waals surface area (Å²) in [6.07, 6.45) is -0.445. The number of hydrogen-bond acceptors (Lipinski definition) is 6. The number of hydrazine groups is 1. The molecule has 0 fully saturated rings. The molecule has 2 atom stereocenters. The van der Waals surface area contributed by atoms with Crippen LogP contribution in [0, 0.1) is 0 Å². The second-order valence-electron chi connectivity index (χ2n) is 3.91. The Balaban J connectivity index is 2.29. The van der Waals surface area contributed by atoms with E-state index >= 15 is 0 Å². The summed E-state index contributed by atoms with van der Waals surface area (Å²) in [5.41, 5.74) is 2.49. The summed E-state index contributed by atoms with van der Waals surface area (Å²) in [4.78, 5) is 15.5. The number of nitrogens with zero attached hydrogens (tertiary/aromatic N) is 1. The van der Waals surface area contributed by atoms with Gasteiger partial charge in [0, 0.05) is 5.56 Å². The molecule has 1 aromatic carbocycles. The van der Waals surface area contributed by atoms with Gasteiger partial charge in [-0.05, 0) is 25.1 Å². The minimum Gasteiger partial charge on any atom is -0.504 e. The molecular weight excluding hydrogens is 238 g/mol. The molecule has 1 aliphatic rings. The first kappa shape index (κ1) is 12.2. The summed E-state index contributed by atoms with van der Waals surface area (Å²) >= 11 is 0. The van der Waals surface area contributed by atoms with Crippen molar-refractivity contribution in [1.29, 1.82) is 0 Å². The summed E-state index contributed by atoms with van der Waals surface area (Å²) < 4.78 is 5.42. The Morgan fingerprint density at radius 3 is 2.78 bits per heavy atom. The smallest absolute Gasteiger partial charge is 0.262 e. The number of aromatic hydroxyl groups is 2. The number of benzene rings is 1. The largest absolute Gasteiger partial charge is 0.504 e. The molecule has 96 valence electrons. The fourth-order valence-corrected chi connectivity index (χ4v) is 1.66. The molecule has 1 heterocycles. The van der Waals surface area contributed by atoms with Crippen molar-refractivity contribution in [3.63, 3.8) is 0 Å². The number of nitrogens with one attached hydrogen (secondary N) is 1. The highest BCUT2D eigenvalue weighted by molar-refractivity contribution is 5.99. The van der Waals surface area contributed by atoms with Crippen molar-refractivity contribution in [2.45, 2.75) is 19.1 Å². The van der Waals surface area contributed by atoms with Crippen molar-refractivity contribution >= 4 is 11.8 Å². The number of phenolic OH excluding ortho intramolecular Hbond substituents is 2. The Kier molecular flexibility index (Phi) is 3.07. The number of ether oxygens (including phenoxy) is 1. The van der Waals surface area contributed by atoms with Crippen LogP contribution in [0.25, 0.3) is 0 Å². The van der Waals surface area contributed by atoms with Crippen LogP contribution in [0.4, 0.5) is 0 Å². The molecule has 7 heteroatoms. The molecule has 1 amide bonds. The topological polar surface area (TPSA) is 117 Å². The molecule has 5 N–H and O–H groups in total. The highest BCUT2D eigenvalue weighted by Crippen LogP contribution is 2.27. The molecule has 0 saturated heterocycles. The van der Waals surface area contributed by atoms with Crippen LogP contribution in [-0.4, -0.2) is 34.2 Å². The molecule has 1 aromatic rings. The molecule has 0 spiro atoms. The van der Waals surface area contributed by atoms with Crippen molar-refractivity contribution < 1.29 is 19.7 Å². The van der Waals surface area contributed by atoms with Gasteiger partial charge in [0.2, 0.25) is 5.90 Å². The normalized spacial score (nSPS) is 22.2. The molecule has 0 aromatic heterocycles. The fourth-order valence-electron chi connectivity index (χ4n) is 1.66. The van der Waals surface area contributed by atoms with Gasteiger partial charge < -0.3 is 14.9 Å². The molecule has 0 bridgehead atoms. The van der Waals surface area contributed by atoms with Gasteiger partial charge in [-0.15, -0.1) is 0 Å². The molecule has 0 saturated carbocycles. The first-order valence-corrected chi connectivity index (χ1v) is 5.30. The van der Waals surface area contributed by atoms with Gasteiger partial charge >= 0.3 is 0 Å². The van der Waals surface area contributed by atoms with E-state index in [1.165, 1.54) is 18.2 Å². The maximum absolute atomic E-state index is 11.4. The Bertz CT molecular complexity index is 515. The van der Waals surface area contributed by atoms with Gasteiger partial charge in [0.25, 0.3) is 5.91 Å². The molecule has 1 aliphatic heterocycles. The third-order valence-corrected chi connectivity index (χ3v) is 2.63. The quantitative estimate of drug-likeness (QED) is 0.247. The standard InChI is InChI=1S/C11H13N3O4/c1-5-9(10(17)14-12)13-11(18-5)6-2-3-7(15)8(16)4-6/h2-5,9,15-16H,12H2,1H3,(H,14,17)/t5-,9-/m1/s1. The maximum Gasteiger partial charge on any atom is 0.262 e. The number of aliphatic imine (C=N–C) groups is 1. The highest BCUT2D eigenvalue weighted by atomic mass is 16.5. The zero-order chi connectivity index (χ0) is 13.3. The predicted molar refractivity (Wildman–Crippen MR) is 63.0 cm³/mol. The zero-order valence-corrected chi connectivity index (χ0v) is 9.62. The van der Waals surface area contributed by atoms with Crippen molar-refractivity contribution in [2.24, 2.45) is 10.8 Å². The van der Waals surface area contributed by atoms with Gasteiger partial charge in [-0.2, -0.15) is 0 Å². The molecular formula is C11H13N3O4. The van der Waals surface area contributed by atoms with Gasteiger partial charge in [0.1, 0.15) is 6.10 Å². The van der Waals surface area contributed by atoms with Crippen LogP contribution in [0.15, 0.2) is 23.2 Å². The number of carbonyl (C=O) groups excluding carboxylic acids is 1. The molecule has 7 nitrogen and oxygen atoms in total. The van der Waals surface area contributed by atoms with Crippen molar-refractivity contribution in [2.75, 3.05) is 0 Å². The molecule has 0 unspecified atom stereocenters. The lowest BCUT2D eigenvalue weighted by atomic mass is 10.2. The average molecular weight is 251 g/mol. The van der Waals surface area contributed by atoms with Crippen LogP contribution in [0.2, 0.25) is 0 Å². The lowest BCUT2D eigenvalue weighted by Gasteiger charge is -2.10. The summed E-state index contributed by atoms with van der Waals surface area (Å²) in [6.45, 7) is 1.69. The second-order valence-corrected chi connectivity index (χ2v) is 3.91. The maximum atomic E-state index is 11.4. The van der Waals surface area contributed by atoms with Crippen LogP contribution in [0.3, 0.4) is 0 Å². The monoisotopic (exact) mass is 251 g/mol. The number of amides is 1. The minimum atomic E-state index is -0.721. The van der Waals surface area contributed by atoms with E-state index < -0.39 is 18.1 Å². The average Bonchev–Trinajstić information content (AvgIpc) is 2.74. The van der Waals surface area contributed by atoms with Gasteiger partial charge in [-0.25, -0.2) is 10.8 Å². The van der Waals surface area contributed by atoms with Crippen LogP contribution < -0.4 is 11.3 Å². The number of nitrogens with two attached hydrogens (primary N) is 1. The van der Waals surface area contributed by atoms with Gasteiger partial charge in [0.05, 0.1) is 0 Å². The van der Waals surface area contributed by atoms with Gasteiger partial charge in [-0.1, -0.05) is 0 Å². The third-order valence-electron chi connectivity index (χ3n) is 2.63. The van der Waals surface area contributed by atoms with Crippen molar-refractivity contribution in [3.8, 4) is 11.5 Å². The van der Waals surface area contributed by atoms with E-state index in [-0.39, 0.29) is 17.4 Å². The van der Waals surface area contributed by atoms with Crippen LogP contribution in [0.5, 0.6) is 11.5 Å². The molecule has 0 aliphatic carbocycles. The zero-order valence-electron chi connectivity index (χ0n) is 9.62. The van der Waals surface area contributed by atoms with Gasteiger partial charge in [0.15, 0.2) is 17.5 Å². The van der Waals surface area contributed by atoms with E-state index in [4.69, 9.17) is 10.6 Å². The number of rotatable bonds is 2. The Labute approximate surface area is 103 Å². The van der Waals surface area contributed by atoms with E-state index in [0.717, 1.165) is 0 Å². The Morgan fingerprint density at radius 1 is 1.44 bits per heavy atom. The number of carbonyl (C=O) groups is 1. The number of hydrogen-bond donors (Lipinski definition) is 4. The number of phenols is 2. The summed E-state index contributed by atoms with van der Waals surface area (Å²) in [7, 11) is 0. The molecule has 2 rings (SSSR count). The molecule has 0 radical (unpaired) electrons. The highest BCUT2D eigenvalue weighted by Gasteiger charge is 2.33. The van der Waals surface area contributed by atoms with Crippen LogP contribution in [-0.2, 0) is 9.53 Å². The summed E-state index contributed by atoms with van der Waals surface area (Å²) in [5.74, 6) is 4.31. The predicted octanol–water partition coefficient (Wildman–Crippen LogP) is -0.378. The summed E-state index contributed by atoms with van der Waals surface area (Å²) in [5, 5.41) is 18.6. The van der Waals surface area contributed by atoms with Crippen LogP contribution in [0.1, 0.15) is 12.5 Å². The van der Waals surface area contributed by atoms with Crippen LogP contribution >= 0.6 is 0 Å². The SMILES string of the molecule is C[C@H]1OC(c2ccc(O)c(O)c2)=N[C@H]1C(=O)NN. The summed E-state index contributed by atoms with van der Waals surface area (Å²) in [6, 6.07) is 3.44. The van der Waals surface area contributed by atoms with Crippen molar-refractivity contribution in [3.05, 3.63) is 23.8 Å². The van der Waals surface area contributed by atoms with Gasteiger partial charge in [-0.3, -0.25) is 10.2 Å². The van der Waals surface area contributed by atoms with E-state index in [1.54, 1.807) is 6.92 Å². The van der Waals surface area contributed by atoms with E-state index in [2.05, 4.69) is 4.99 Å². The van der Waals surface area contributed by atoms with E-state index in [9.17, 15) is 15.0 Å². The lowest BCUT2D eigenvalue weighted by Crippen LogP contribution is -2.41. The van der Waals surface area contributed by atoms with E-state index in [1.807, 2.05) is 5.43 Å². The van der Waals surface area contributed by atoms with E-state index in [0.29, 0.717) is 5.56 Å². The first-order chi connectivity index (χ1) is 8.52.